The fourth-order valence-electron chi connectivity index (χ4n) is 0.588. The molecule has 0 bridgehead atoms. The molecule has 0 aromatic carbocycles. The predicted molar refractivity (Wildman–Crippen MR) is 44.1 cm³/mol. The highest BCUT2D eigenvalue weighted by Crippen LogP contribution is 2.06. The molecule has 0 heterocycles. The van der Waals surface area contributed by atoms with Crippen molar-refractivity contribution in [1.82, 2.24) is 5.32 Å². The number of aliphatic hydroxyl groups excluding tert-OH is 1. The van der Waals surface area contributed by atoms with Gasteiger partial charge in [-0.05, 0) is 19.4 Å². The molecule has 2 N–H and O–H groups in total. The average molecular weight is 157 g/mol. The zero-order valence-electron chi connectivity index (χ0n) is 7.05. The molecule has 0 fully saturated rings. The van der Waals surface area contributed by atoms with E-state index in [9.17, 15) is 4.79 Å². The third-order valence-corrected chi connectivity index (χ3v) is 1.74. The smallest absolute Gasteiger partial charge is 0.243 e. The van der Waals surface area contributed by atoms with Crippen LogP contribution in [-0.4, -0.2) is 23.2 Å². The lowest BCUT2D eigenvalue weighted by Crippen LogP contribution is -2.47. The van der Waals surface area contributed by atoms with Gasteiger partial charge in [0.15, 0.2) is 0 Å². The zero-order valence-corrected chi connectivity index (χ0v) is 7.05. The first-order chi connectivity index (χ1) is 5.08. The van der Waals surface area contributed by atoms with E-state index in [0.717, 1.165) is 0 Å². The predicted octanol–water partition coefficient (Wildman–Crippen LogP) is 0.450. The Kier molecular flexibility index (Phi) is 3.82. The molecule has 0 spiro atoms. The Morgan fingerprint density at radius 3 is 2.64 bits per heavy atom. The lowest BCUT2D eigenvalue weighted by Gasteiger charge is -2.26. The summed E-state index contributed by atoms with van der Waals surface area (Å²) in [6.07, 6.45) is 1.90. The van der Waals surface area contributed by atoms with Crippen molar-refractivity contribution in [3.05, 3.63) is 12.7 Å². The van der Waals surface area contributed by atoms with Gasteiger partial charge < -0.3 is 10.4 Å². The van der Waals surface area contributed by atoms with Gasteiger partial charge in [-0.1, -0.05) is 13.5 Å². The molecule has 1 unspecified atom stereocenters. The maximum Gasteiger partial charge on any atom is 0.243 e. The Morgan fingerprint density at radius 1 is 1.82 bits per heavy atom. The highest BCUT2D eigenvalue weighted by atomic mass is 16.3. The third kappa shape index (κ3) is 3.18. The van der Waals surface area contributed by atoms with Crippen molar-refractivity contribution in [3.8, 4) is 0 Å². The Hall–Kier alpha value is -0.830. The summed E-state index contributed by atoms with van der Waals surface area (Å²) in [7, 11) is 0. The summed E-state index contributed by atoms with van der Waals surface area (Å²) in [6, 6.07) is 0. The molecule has 0 saturated heterocycles. The number of amides is 1. The first kappa shape index (κ1) is 10.2. The average Bonchev–Trinajstić information content (AvgIpc) is 2.04. The summed E-state index contributed by atoms with van der Waals surface area (Å²) < 4.78 is 0. The molecule has 0 aromatic heterocycles. The van der Waals surface area contributed by atoms with Crippen LogP contribution in [0.5, 0.6) is 0 Å². The van der Waals surface area contributed by atoms with Gasteiger partial charge >= 0.3 is 0 Å². The van der Waals surface area contributed by atoms with E-state index in [1.54, 1.807) is 6.92 Å². The van der Waals surface area contributed by atoms with Crippen LogP contribution in [0.15, 0.2) is 12.7 Å². The van der Waals surface area contributed by atoms with Crippen molar-refractivity contribution >= 4 is 5.91 Å². The number of rotatable bonds is 4. The maximum atomic E-state index is 10.8. The normalized spacial score (nSPS) is 15.2. The molecular formula is C8H15NO2. The summed E-state index contributed by atoms with van der Waals surface area (Å²) in [5.41, 5.74) is -0.509. The van der Waals surface area contributed by atoms with Gasteiger partial charge in [0.05, 0.1) is 12.1 Å². The van der Waals surface area contributed by atoms with E-state index < -0.39 is 5.54 Å². The van der Waals surface area contributed by atoms with Crippen molar-refractivity contribution < 1.29 is 9.90 Å². The molecule has 0 rings (SSSR count). The van der Waals surface area contributed by atoms with Crippen LogP contribution in [0.2, 0.25) is 0 Å². The fourth-order valence-corrected chi connectivity index (χ4v) is 0.588. The van der Waals surface area contributed by atoms with E-state index in [1.165, 1.54) is 6.08 Å². The van der Waals surface area contributed by atoms with E-state index in [2.05, 4.69) is 11.9 Å². The van der Waals surface area contributed by atoms with E-state index in [0.29, 0.717) is 6.42 Å². The van der Waals surface area contributed by atoms with E-state index in [4.69, 9.17) is 5.11 Å². The molecule has 1 atom stereocenters. The van der Waals surface area contributed by atoms with Crippen LogP contribution in [0, 0.1) is 0 Å². The third-order valence-electron chi connectivity index (χ3n) is 1.74. The second-order valence-electron chi connectivity index (χ2n) is 2.77. The Bertz CT molecular complexity index is 150. The Morgan fingerprint density at radius 2 is 2.36 bits per heavy atom. The van der Waals surface area contributed by atoms with Gasteiger partial charge in [-0.15, -0.1) is 0 Å². The SMILES string of the molecule is C=CC(=O)NC(C)(CC)CO. The number of hydrogen-bond donors (Lipinski definition) is 2. The second kappa shape index (κ2) is 4.13. The van der Waals surface area contributed by atoms with Gasteiger partial charge in [0.25, 0.3) is 0 Å². The quantitative estimate of drug-likeness (QED) is 0.582. The van der Waals surface area contributed by atoms with Crippen LogP contribution in [0.3, 0.4) is 0 Å². The summed E-state index contributed by atoms with van der Waals surface area (Å²) in [5.74, 6) is -0.247. The summed E-state index contributed by atoms with van der Waals surface area (Å²) in [4.78, 5) is 10.8. The number of nitrogens with one attached hydrogen (secondary N) is 1. The number of carbonyl (C=O) groups excluding carboxylic acids is 1. The minimum absolute atomic E-state index is 0.0525. The van der Waals surface area contributed by atoms with Crippen molar-refractivity contribution in [2.45, 2.75) is 25.8 Å². The van der Waals surface area contributed by atoms with Gasteiger partial charge in [-0.25, -0.2) is 0 Å². The van der Waals surface area contributed by atoms with Crippen molar-refractivity contribution in [1.29, 1.82) is 0 Å². The van der Waals surface area contributed by atoms with Crippen LogP contribution < -0.4 is 5.32 Å². The number of carbonyl (C=O) groups is 1. The van der Waals surface area contributed by atoms with Crippen LogP contribution in [0.25, 0.3) is 0 Å². The lowest BCUT2D eigenvalue weighted by molar-refractivity contribution is -0.118. The summed E-state index contributed by atoms with van der Waals surface area (Å²) in [5, 5.41) is 11.5. The number of hydrogen-bond acceptors (Lipinski definition) is 2. The van der Waals surface area contributed by atoms with Gasteiger partial charge in [0.1, 0.15) is 0 Å². The topological polar surface area (TPSA) is 49.3 Å². The molecular weight excluding hydrogens is 142 g/mol. The summed E-state index contributed by atoms with van der Waals surface area (Å²) >= 11 is 0. The first-order valence-corrected chi connectivity index (χ1v) is 3.63. The Labute approximate surface area is 67.1 Å². The van der Waals surface area contributed by atoms with Crippen molar-refractivity contribution in [3.63, 3.8) is 0 Å². The van der Waals surface area contributed by atoms with Gasteiger partial charge in [-0.2, -0.15) is 0 Å². The molecule has 3 nitrogen and oxygen atoms in total. The molecule has 0 aliphatic rings. The van der Waals surface area contributed by atoms with Gasteiger partial charge in [-0.3, -0.25) is 4.79 Å². The molecule has 0 saturated carbocycles. The highest BCUT2D eigenvalue weighted by Gasteiger charge is 2.21. The lowest BCUT2D eigenvalue weighted by atomic mass is 10.0. The molecule has 1 amide bonds. The Balaban J connectivity index is 4.06. The largest absolute Gasteiger partial charge is 0.394 e. The molecule has 0 aromatic rings. The molecule has 0 aliphatic heterocycles. The zero-order chi connectivity index (χ0) is 8.91. The van der Waals surface area contributed by atoms with E-state index in [1.807, 2.05) is 6.92 Å². The minimum atomic E-state index is -0.509. The fraction of sp³-hybridized carbons (Fsp3) is 0.625. The van der Waals surface area contributed by atoms with Crippen LogP contribution >= 0.6 is 0 Å². The molecule has 11 heavy (non-hydrogen) atoms. The van der Waals surface area contributed by atoms with Crippen LogP contribution in [0.1, 0.15) is 20.3 Å². The van der Waals surface area contributed by atoms with Crippen molar-refractivity contribution in [2.24, 2.45) is 0 Å². The molecule has 64 valence electrons. The standard InChI is InChI=1S/C8H15NO2/c1-4-7(11)9-8(3,5-2)6-10/h4,10H,1,5-6H2,2-3H3,(H,9,11). The van der Waals surface area contributed by atoms with E-state index in [-0.39, 0.29) is 12.5 Å². The van der Waals surface area contributed by atoms with Gasteiger partial charge in [0.2, 0.25) is 5.91 Å². The maximum absolute atomic E-state index is 10.8. The first-order valence-electron chi connectivity index (χ1n) is 3.63. The minimum Gasteiger partial charge on any atom is -0.394 e. The van der Waals surface area contributed by atoms with Crippen LogP contribution in [-0.2, 0) is 4.79 Å². The second-order valence-corrected chi connectivity index (χ2v) is 2.77. The molecule has 0 radical (unpaired) electrons. The van der Waals surface area contributed by atoms with E-state index >= 15 is 0 Å². The molecule has 3 heteroatoms. The van der Waals surface area contributed by atoms with Crippen LogP contribution in [0.4, 0.5) is 0 Å². The summed E-state index contributed by atoms with van der Waals surface area (Å²) in [6.45, 7) is 6.96. The van der Waals surface area contributed by atoms with Gasteiger partial charge in [0, 0.05) is 0 Å². The molecule has 0 aliphatic carbocycles. The highest BCUT2D eigenvalue weighted by molar-refractivity contribution is 5.87. The number of aliphatic hydroxyl groups is 1. The monoisotopic (exact) mass is 157 g/mol. The van der Waals surface area contributed by atoms with Crippen molar-refractivity contribution in [2.75, 3.05) is 6.61 Å².